The van der Waals surface area contributed by atoms with Gasteiger partial charge in [0.2, 0.25) is 0 Å². The van der Waals surface area contributed by atoms with E-state index in [0.717, 1.165) is 0 Å². The summed E-state index contributed by atoms with van der Waals surface area (Å²) in [5.74, 6) is 0. The molecule has 1 heterocycles. The van der Waals surface area contributed by atoms with Crippen LogP contribution in [0.25, 0.3) is 10.9 Å². The fourth-order valence-electron chi connectivity index (χ4n) is 2.07. The molecule has 1 aromatic heterocycles. The van der Waals surface area contributed by atoms with Crippen LogP contribution in [0.2, 0.25) is 0 Å². The zero-order valence-corrected chi connectivity index (χ0v) is 9.11. The number of fused-ring (bicyclic) bond motifs is 1. The molecule has 3 nitrogen and oxygen atoms in total. The number of benzene rings is 1. The van der Waals surface area contributed by atoms with E-state index in [0.29, 0.717) is 5.52 Å². The molecule has 1 N–H and O–H groups in total. The number of hydrogen-bond acceptors (Lipinski definition) is 2. The summed E-state index contributed by atoms with van der Waals surface area (Å²) in [5.41, 5.74) is -0.0936. The molecule has 2 rings (SSSR count). The third-order valence-electron chi connectivity index (χ3n) is 2.69. The van der Waals surface area contributed by atoms with E-state index in [-0.39, 0.29) is 22.2 Å². The molecule has 0 saturated heterocycles. The molecule has 0 bridgehead atoms. The number of nitriles is 1. The zero-order chi connectivity index (χ0) is 12.8. The van der Waals surface area contributed by atoms with E-state index < -0.39 is 11.7 Å². The molecule has 0 amide bonds. The van der Waals surface area contributed by atoms with Crippen LogP contribution in [0, 0.1) is 25.2 Å². The summed E-state index contributed by atoms with van der Waals surface area (Å²) >= 11 is 0. The molecule has 88 valence electrons. The Labute approximate surface area is 94.9 Å². The maximum Gasteiger partial charge on any atom is 0.416 e. The Morgan fingerprint density at radius 1 is 1.35 bits per heavy atom. The van der Waals surface area contributed by atoms with Crippen LogP contribution in [0.1, 0.15) is 22.4 Å². The molecule has 0 aliphatic heterocycles. The first-order valence-corrected chi connectivity index (χ1v) is 4.82. The van der Waals surface area contributed by atoms with Gasteiger partial charge in [0.15, 0.2) is 5.69 Å². The lowest BCUT2D eigenvalue weighted by Gasteiger charge is -2.14. The summed E-state index contributed by atoms with van der Waals surface area (Å²) in [7, 11) is 0. The summed E-state index contributed by atoms with van der Waals surface area (Å²) in [4.78, 5) is 0. The summed E-state index contributed by atoms with van der Waals surface area (Å²) < 4.78 is 38.6. The van der Waals surface area contributed by atoms with Crippen molar-refractivity contribution < 1.29 is 13.2 Å². The summed E-state index contributed by atoms with van der Waals surface area (Å²) in [6.45, 7) is 2.75. The normalized spacial score (nSPS) is 11.8. The topological polar surface area (TPSA) is 52.5 Å². The van der Waals surface area contributed by atoms with E-state index in [4.69, 9.17) is 5.26 Å². The first-order chi connectivity index (χ1) is 7.86. The van der Waals surface area contributed by atoms with Crippen LogP contribution in [-0.2, 0) is 6.18 Å². The highest BCUT2D eigenvalue weighted by Gasteiger charge is 2.35. The third kappa shape index (κ3) is 1.64. The minimum atomic E-state index is -4.42. The number of alkyl halides is 3. The van der Waals surface area contributed by atoms with Crippen molar-refractivity contribution in [2.75, 3.05) is 0 Å². The van der Waals surface area contributed by atoms with Crippen molar-refractivity contribution in [3.63, 3.8) is 0 Å². The van der Waals surface area contributed by atoms with Crippen molar-refractivity contribution >= 4 is 10.9 Å². The minimum Gasteiger partial charge on any atom is -0.276 e. The maximum absolute atomic E-state index is 12.9. The molecule has 0 unspecified atom stereocenters. The zero-order valence-electron chi connectivity index (χ0n) is 9.11. The molecule has 0 radical (unpaired) electrons. The molecule has 0 saturated carbocycles. The van der Waals surface area contributed by atoms with Crippen LogP contribution in [0.15, 0.2) is 6.07 Å². The molecule has 0 fully saturated rings. The Balaban J connectivity index is 2.92. The van der Waals surface area contributed by atoms with Gasteiger partial charge in [-0.25, -0.2) is 0 Å². The molecule has 0 aliphatic carbocycles. The van der Waals surface area contributed by atoms with Gasteiger partial charge in [-0.1, -0.05) is 0 Å². The Kier molecular flexibility index (Phi) is 2.35. The molecule has 2 aromatic rings. The SMILES string of the molecule is Cc1cc2[nH]nc(C#N)c2c(C)c1C(F)(F)F. The van der Waals surface area contributed by atoms with E-state index in [1.807, 2.05) is 0 Å². The lowest BCUT2D eigenvalue weighted by Crippen LogP contribution is -2.10. The van der Waals surface area contributed by atoms with Crippen molar-refractivity contribution in [1.29, 1.82) is 5.26 Å². The molecule has 6 heteroatoms. The summed E-state index contributed by atoms with van der Waals surface area (Å²) in [6.07, 6.45) is -4.42. The number of aromatic amines is 1. The van der Waals surface area contributed by atoms with Crippen molar-refractivity contribution in [1.82, 2.24) is 10.2 Å². The number of H-pyrrole nitrogens is 1. The largest absolute Gasteiger partial charge is 0.416 e. The van der Waals surface area contributed by atoms with Crippen molar-refractivity contribution in [2.24, 2.45) is 0 Å². The molecule has 17 heavy (non-hydrogen) atoms. The van der Waals surface area contributed by atoms with Gasteiger partial charge in [-0.3, -0.25) is 5.10 Å². The smallest absolute Gasteiger partial charge is 0.276 e. The van der Waals surface area contributed by atoms with Crippen molar-refractivity contribution in [2.45, 2.75) is 20.0 Å². The first-order valence-electron chi connectivity index (χ1n) is 4.82. The number of aryl methyl sites for hydroxylation is 2. The first kappa shape index (κ1) is 11.5. The van der Waals surface area contributed by atoms with Gasteiger partial charge in [-0.2, -0.15) is 23.5 Å². The number of rotatable bonds is 0. The fourth-order valence-corrected chi connectivity index (χ4v) is 2.07. The van der Waals surface area contributed by atoms with Crippen LogP contribution in [0.3, 0.4) is 0 Å². The molecule has 0 spiro atoms. The number of hydrogen-bond donors (Lipinski definition) is 1. The van der Waals surface area contributed by atoms with Crippen molar-refractivity contribution in [3.05, 3.63) is 28.5 Å². The number of nitrogens with one attached hydrogen (secondary N) is 1. The second-order valence-corrected chi connectivity index (χ2v) is 3.80. The van der Waals surface area contributed by atoms with Gasteiger partial charge in [0.25, 0.3) is 0 Å². The predicted octanol–water partition coefficient (Wildman–Crippen LogP) is 3.07. The Hall–Kier alpha value is -2.03. The van der Waals surface area contributed by atoms with Gasteiger partial charge < -0.3 is 0 Å². The van der Waals surface area contributed by atoms with Crippen molar-refractivity contribution in [3.8, 4) is 6.07 Å². The maximum atomic E-state index is 12.9. The number of aromatic nitrogens is 2. The molecular formula is C11H8F3N3. The van der Waals surface area contributed by atoms with E-state index in [9.17, 15) is 13.2 Å². The quantitative estimate of drug-likeness (QED) is 0.768. The van der Waals surface area contributed by atoms with E-state index >= 15 is 0 Å². The molecule has 0 atom stereocenters. The average Bonchev–Trinajstić information content (AvgIpc) is 2.58. The standard InChI is InChI=1S/C11H8F3N3/c1-5-3-7-9(8(4-15)17-16-7)6(2)10(5)11(12,13)14/h3H,1-2H3,(H,16,17). The Morgan fingerprint density at radius 3 is 2.53 bits per heavy atom. The van der Waals surface area contributed by atoms with Gasteiger partial charge in [-0.05, 0) is 31.0 Å². The van der Waals surface area contributed by atoms with Gasteiger partial charge in [-0.15, -0.1) is 0 Å². The lowest BCUT2D eigenvalue weighted by molar-refractivity contribution is -0.138. The lowest BCUT2D eigenvalue weighted by atomic mass is 9.97. The highest BCUT2D eigenvalue weighted by Crippen LogP contribution is 2.37. The fraction of sp³-hybridized carbons (Fsp3) is 0.273. The molecular weight excluding hydrogens is 231 g/mol. The van der Waals surface area contributed by atoms with Crippen LogP contribution in [0.4, 0.5) is 13.2 Å². The number of nitrogens with zero attached hydrogens (tertiary/aromatic N) is 2. The predicted molar refractivity (Wildman–Crippen MR) is 55.3 cm³/mol. The highest BCUT2D eigenvalue weighted by atomic mass is 19.4. The van der Waals surface area contributed by atoms with Crippen LogP contribution < -0.4 is 0 Å². The monoisotopic (exact) mass is 239 g/mol. The highest BCUT2D eigenvalue weighted by molar-refractivity contribution is 5.88. The molecule has 1 aromatic carbocycles. The van der Waals surface area contributed by atoms with Gasteiger partial charge in [0, 0.05) is 5.39 Å². The van der Waals surface area contributed by atoms with Crippen LogP contribution in [-0.4, -0.2) is 10.2 Å². The summed E-state index contributed by atoms with van der Waals surface area (Å²) in [6, 6.07) is 3.14. The number of halogens is 3. The van der Waals surface area contributed by atoms with E-state index in [2.05, 4.69) is 10.2 Å². The van der Waals surface area contributed by atoms with Crippen LogP contribution >= 0.6 is 0 Å². The average molecular weight is 239 g/mol. The Bertz CT molecular complexity index is 632. The van der Waals surface area contributed by atoms with E-state index in [1.165, 1.54) is 19.9 Å². The summed E-state index contributed by atoms with van der Waals surface area (Å²) in [5, 5.41) is 15.3. The van der Waals surface area contributed by atoms with Gasteiger partial charge in [0.05, 0.1) is 11.1 Å². The van der Waals surface area contributed by atoms with Crippen LogP contribution in [0.5, 0.6) is 0 Å². The van der Waals surface area contributed by atoms with E-state index in [1.54, 1.807) is 6.07 Å². The second-order valence-electron chi connectivity index (χ2n) is 3.80. The second kappa shape index (κ2) is 3.48. The Morgan fingerprint density at radius 2 is 2.00 bits per heavy atom. The molecule has 0 aliphatic rings. The van der Waals surface area contributed by atoms with Gasteiger partial charge >= 0.3 is 6.18 Å². The minimum absolute atomic E-state index is 0.0111. The third-order valence-corrected chi connectivity index (χ3v) is 2.69. The van der Waals surface area contributed by atoms with Gasteiger partial charge in [0.1, 0.15) is 6.07 Å².